The Morgan fingerprint density at radius 2 is 2.05 bits per heavy atom. The molecule has 0 unspecified atom stereocenters. The van der Waals surface area contributed by atoms with Gasteiger partial charge >= 0.3 is 0 Å². The second kappa shape index (κ2) is 7.41. The number of hydrogen-bond acceptors (Lipinski definition) is 2. The van der Waals surface area contributed by atoms with E-state index in [2.05, 4.69) is 28.2 Å². The second-order valence-electron chi connectivity index (χ2n) is 5.90. The third kappa shape index (κ3) is 4.45. The van der Waals surface area contributed by atoms with E-state index < -0.39 is 0 Å². The number of benzene rings is 1. The van der Waals surface area contributed by atoms with E-state index >= 15 is 0 Å². The Morgan fingerprint density at radius 1 is 1.35 bits per heavy atom. The van der Waals surface area contributed by atoms with Gasteiger partial charge in [-0.3, -0.25) is 0 Å². The molecular weight excluding hydrogens is 332 g/mol. The quantitative estimate of drug-likeness (QED) is 0.751. The Bertz CT molecular complexity index is 468. The number of anilines is 1. The topological polar surface area (TPSA) is 38.0 Å². The van der Waals surface area contributed by atoms with Gasteiger partial charge in [0.05, 0.1) is 0 Å². The van der Waals surface area contributed by atoms with Gasteiger partial charge in [0.1, 0.15) is 4.99 Å². The summed E-state index contributed by atoms with van der Waals surface area (Å²) in [5.41, 5.74) is 7.75. The smallest absolute Gasteiger partial charge is 0.106 e. The van der Waals surface area contributed by atoms with Crippen molar-refractivity contribution in [1.82, 2.24) is 0 Å². The van der Waals surface area contributed by atoms with Gasteiger partial charge in [-0.2, -0.15) is 0 Å². The van der Waals surface area contributed by atoms with E-state index in [1.165, 1.54) is 32.1 Å². The van der Waals surface area contributed by atoms with Crippen LogP contribution in [0.2, 0.25) is 0 Å². The largest absolute Gasteiger partial charge is 0.389 e. The molecule has 20 heavy (non-hydrogen) atoms. The standard InChI is InChI=1S/C16H23BrN2S/c1-11-2-4-12(5-3-11)8-9-19-15-7-6-13(17)10-14(15)16(18)20/h6-7,10-12,19H,2-5,8-9H2,1H3,(H2,18,20). The highest BCUT2D eigenvalue weighted by Crippen LogP contribution is 2.30. The molecule has 3 N–H and O–H groups in total. The lowest BCUT2D eigenvalue weighted by Gasteiger charge is -2.26. The van der Waals surface area contributed by atoms with Crippen molar-refractivity contribution in [2.24, 2.45) is 17.6 Å². The number of nitrogens with one attached hydrogen (secondary N) is 1. The molecule has 1 aromatic rings. The molecule has 1 aromatic carbocycles. The highest BCUT2D eigenvalue weighted by atomic mass is 79.9. The van der Waals surface area contributed by atoms with Gasteiger partial charge in [0, 0.05) is 22.3 Å². The van der Waals surface area contributed by atoms with Gasteiger partial charge in [-0.05, 0) is 36.5 Å². The first-order valence-corrected chi connectivity index (χ1v) is 8.59. The van der Waals surface area contributed by atoms with Crippen molar-refractivity contribution >= 4 is 38.8 Å². The number of hydrogen-bond donors (Lipinski definition) is 2. The molecule has 1 aliphatic carbocycles. The zero-order chi connectivity index (χ0) is 14.5. The second-order valence-corrected chi connectivity index (χ2v) is 7.25. The lowest BCUT2D eigenvalue weighted by molar-refractivity contribution is 0.282. The monoisotopic (exact) mass is 354 g/mol. The SMILES string of the molecule is CC1CCC(CCNc2ccc(Br)cc2C(N)=S)CC1. The van der Waals surface area contributed by atoms with Crippen LogP contribution in [0, 0.1) is 11.8 Å². The molecule has 2 rings (SSSR count). The van der Waals surface area contributed by atoms with E-state index in [9.17, 15) is 0 Å². The van der Waals surface area contributed by atoms with Gasteiger partial charge < -0.3 is 11.1 Å². The van der Waals surface area contributed by atoms with Gasteiger partial charge in [0.25, 0.3) is 0 Å². The molecule has 1 aliphatic rings. The van der Waals surface area contributed by atoms with Crippen molar-refractivity contribution in [3.63, 3.8) is 0 Å². The van der Waals surface area contributed by atoms with Crippen molar-refractivity contribution in [3.05, 3.63) is 28.2 Å². The molecule has 0 aliphatic heterocycles. The van der Waals surface area contributed by atoms with Gasteiger partial charge in [0.2, 0.25) is 0 Å². The third-order valence-electron chi connectivity index (χ3n) is 4.25. The zero-order valence-corrected chi connectivity index (χ0v) is 14.4. The fourth-order valence-electron chi connectivity index (χ4n) is 2.90. The van der Waals surface area contributed by atoms with E-state index in [4.69, 9.17) is 18.0 Å². The molecule has 0 heterocycles. The van der Waals surface area contributed by atoms with Gasteiger partial charge in [-0.15, -0.1) is 0 Å². The van der Waals surface area contributed by atoms with E-state index in [0.29, 0.717) is 4.99 Å². The van der Waals surface area contributed by atoms with Crippen molar-refractivity contribution in [2.75, 3.05) is 11.9 Å². The first-order valence-electron chi connectivity index (χ1n) is 7.39. The van der Waals surface area contributed by atoms with Crippen LogP contribution in [0.3, 0.4) is 0 Å². The fraction of sp³-hybridized carbons (Fsp3) is 0.562. The van der Waals surface area contributed by atoms with Crippen molar-refractivity contribution in [3.8, 4) is 0 Å². The molecule has 0 bridgehead atoms. The minimum Gasteiger partial charge on any atom is -0.389 e. The summed E-state index contributed by atoms with van der Waals surface area (Å²) < 4.78 is 1.01. The first kappa shape index (κ1) is 15.8. The van der Waals surface area contributed by atoms with Crippen LogP contribution in [-0.2, 0) is 0 Å². The van der Waals surface area contributed by atoms with Crippen LogP contribution in [0.15, 0.2) is 22.7 Å². The summed E-state index contributed by atoms with van der Waals surface area (Å²) >= 11 is 8.57. The Kier molecular flexibility index (Phi) is 5.85. The predicted octanol–water partition coefficient (Wildman–Crippen LogP) is 4.71. The fourth-order valence-corrected chi connectivity index (χ4v) is 3.43. The summed E-state index contributed by atoms with van der Waals surface area (Å²) in [6, 6.07) is 6.04. The molecule has 0 amide bonds. The van der Waals surface area contributed by atoms with Crippen LogP contribution in [0.25, 0.3) is 0 Å². The van der Waals surface area contributed by atoms with Crippen LogP contribution in [0.1, 0.15) is 44.6 Å². The molecule has 0 atom stereocenters. The summed E-state index contributed by atoms with van der Waals surface area (Å²) in [6.45, 7) is 3.36. The maximum Gasteiger partial charge on any atom is 0.106 e. The lowest BCUT2D eigenvalue weighted by atomic mass is 9.81. The maximum absolute atomic E-state index is 5.78. The van der Waals surface area contributed by atoms with Crippen LogP contribution in [-0.4, -0.2) is 11.5 Å². The van der Waals surface area contributed by atoms with Crippen molar-refractivity contribution < 1.29 is 0 Å². The average molecular weight is 355 g/mol. The Labute approximate surface area is 135 Å². The number of thiocarbonyl (C=S) groups is 1. The highest BCUT2D eigenvalue weighted by molar-refractivity contribution is 9.10. The number of halogens is 1. The zero-order valence-electron chi connectivity index (χ0n) is 12.0. The predicted molar refractivity (Wildman–Crippen MR) is 94.3 cm³/mol. The lowest BCUT2D eigenvalue weighted by Crippen LogP contribution is -2.17. The minimum absolute atomic E-state index is 0.445. The molecule has 0 spiro atoms. The van der Waals surface area contributed by atoms with Gasteiger partial charge in [-0.25, -0.2) is 0 Å². The highest BCUT2D eigenvalue weighted by Gasteiger charge is 2.17. The molecule has 0 aromatic heterocycles. The minimum atomic E-state index is 0.445. The Balaban J connectivity index is 1.86. The number of rotatable bonds is 5. The molecular formula is C16H23BrN2S. The molecule has 110 valence electrons. The maximum atomic E-state index is 5.78. The van der Waals surface area contributed by atoms with Crippen LogP contribution in [0.5, 0.6) is 0 Å². The van der Waals surface area contributed by atoms with Crippen LogP contribution < -0.4 is 11.1 Å². The molecule has 0 radical (unpaired) electrons. The first-order chi connectivity index (χ1) is 9.56. The van der Waals surface area contributed by atoms with E-state index in [0.717, 1.165) is 34.1 Å². The molecule has 2 nitrogen and oxygen atoms in total. The van der Waals surface area contributed by atoms with Crippen LogP contribution >= 0.6 is 28.1 Å². The third-order valence-corrected chi connectivity index (χ3v) is 4.96. The number of nitrogens with two attached hydrogens (primary N) is 1. The van der Waals surface area contributed by atoms with E-state index in [-0.39, 0.29) is 0 Å². The van der Waals surface area contributed by atoms with Gasteiger partial charge in [-0.1, -0.05) is 60.8 Å². The summed E-state index contributed by atoms with van der Waals surface area (Å²) in [5, 5.41) is 3.49. The van der Waals surface area contributed by atoms with E-state index in [1.54, 1.807) is 0 Å². The van der Waals surface area contributed by atoms with E-state index in [1.807, 2.05) is 18.2 Å². The normalized spacial score (nSPS) is 22.5. The van der Waals surface area contributed by atoms with Gasteiger partial charge in [0.15, 0.2) is 0 Å². The summed E-state index contributed by atoms with van der Waals surface area (Å²) in [4.78, 5) is 0.445. The Hall–Kier alpha value is -0.610. The van der Waals surface area contributed by atoms with Crippen molar-refractivity contribution in [1.29, 1.82) is 0 Å². The summed E-state index contributed by atoms with van der Waals surface area (Å²) in [5.74, 6) is 1.80. The molecule has 1 saturated carbocycles. The summed E-state index contributed by atoms with van der Waals surface area (Å²) in [7, 11) is 0. The molecule has 1 fully saturated rings. The Morgan fingerprint density at radius 3 is 2.70 bits per heavy atom. The van der Waals surface area contributed by atoms with Crippen LogP contribution in [0.4, 0.5) is 5.69 Å². The molecule has 0 saturated heterocycles. The average Bonchev–Trinajstić information content (AvgIpc) is 2.42. The summed E-state index contributed by atoms with van der Waals surface area (Å²) in [6.07, 6.45) is 6.78. The molecule has 4 heteroatoms. The van der Waals surface area contributed by atoms with Crippen molar-refractivity contribution in [2.45, 2.75) is 39.0 Å².